The molecule has 1 N–H and O–H groups in total. The van der Waals surface area contributed by atoms with Gasteiger partial charge in [-0.1, -0.05) is 26.0 Å². The number of ether oxygens (including phenoxy) is 1. The van der Waals surface area contributed by atoms with Crippen LogP contribution in [0.1, 0.15) is 35.9 Å². The van der Waals surface area contributed by atoms with Crippen LogP contribution in [-0.2, 0) is 0 Å². The number of benzene rings is 1. The highest BCUT2D eigenvalue weighted by Crippen LogP contribution is 2.24. The summed E-state index contributed by atoms with van der Waals surface area (Å²) in [7, 11) is 1.66. The van der Waals surface area contributed by atoms with E-state index in [0.29, 0.717) is 22.9 Å². The number of likely N-dealkylation sites (N-methyl/N-ethyl adjacent to an activating group) is 1. The molecule has 0 saturated carbocycles. The topological polar surface area (TPSA) is 80.2 Å². The number of methoxy groups -OCH3 is 1. The average Bonchev–Trinajstić information content (AvgIpc) is 3.27. The van der Waals surface area contributed by atoms with Gasteiger partial charge in [0.15, 0.2) is 0 Å². The molecule has 0 bridgehead atoms. The fourth-order valence-corrected chi connectivity index (χ4v) is 3.92. The first kappa shape index (κ1) is 20.9. The van der Waals surface area contributed by atoms with Gasteiger partial charge in [-0.25, -0.2) is 4.98 Å². The van der Waals surface area contributed by atoms with Crippen molar-refractivity contribution in [2.75, 3.05) is 26.7 Å². The second-order valence-electron chi connectivity index (χ2n) is 6.35. The molecule has 0 fully saturated rings. The summed E-state index contributed by atoms with van der Waals surface area (Å²) < 4.78 is 5.37. The lowest BCUT2D eigenvalue weighted by Gasteiger charge is -2.30. The van der Waals surface area contributed by atoms with Gasteiger partial charge in [-0.15, -0.1) is 11.3 Å². The van der Waals surface area contributed by atoms with Crippen molar-refractivity contribution < 1.29 is 9.53 Å². The summed E-state index contributed by atoms with van der Waals surface area (Å²) in [6.07, 6.45) is 4.86. The molecule has 1 unspecified atom stereocenters. The van der Waals surface area contributed by atoms with Crippen molar-refractivity contribution in [2.24, 2.45) is 0 Å². The Morgan fingerprint density at radius 3 is 2.79 bits per heavy atom. The summed E-state index contributed by atoms with van der Waals surface area (Å²) in [6, 6.07) is 8.02. The normalized spacial score (nSPS) is 12.0. The summed E-state index contributed by atoms with van der Waals surface area (Å²) in [5.74, 6) is 0.607. The highest BCUT2D eigenvalue weighted by atomic mass is 32.1. The standard InChI is InChI=1S/C21H25N5O2S/c1-4-26(5-2)19(15-7-6-8-16(11-15)28-3)13-24-20(27)18-14-29-21(25-18)17-12-22-9-10-23-17/h6-12,14,19H,4-5,13H2,1-3H3,(H,24,27). The van der Waals surface area contributed by atoms with E-state index >= 15 is 0 Å². The molecule has 1 amide bonds. The molecule has 0 aliphatic heterocycles. The number of thiazole rings is 1. The molecule has 0 aliphatic rings. The Morgan fingerprint density at radius 1 is 1.28 bits per heavy atom. The van der Waals surface area contributed by atoms with Gasteiger partial charge >= 0.3 is 0 Å². The van der Waals surface area contributed by atoms with Crippen LogP contribution in [0.3, 0.4) is 0 Å². The van der Waals surface area contributed by atoms with Crippen molar-refractivity contribution >= 4 is 17.2 Å². The average molecular weight is 412 g/mol. The lowest BCUT2D eigenvalue weighted by Crippen LogP contribution is -2.38. The van der Waals surface area contributed by atoms with Gasteiger partial charge in [0.1, 0.15) is 22.1 Å². The number of rotatable bonds is 9. The van der Waals surface area contributed by atoms with Gasteiger partial charge < -0.3 is 10.1 Å². The smallest absolute Gasteiger partial charge is 0.270 e. The predicted octanol–water partition coefficient (Wildman–Crippen LogP) is 3.42. The van der Waals surface area contributed by atoms with E-state index in [2.05, 4.69) is 45.1 Å². The minimum atomic E-state index is -0.198. The third-order valence-corrected chi connectivity index (χ3v) is 5.57. The minimum Gasteiger partial charge on any atom is -0.497 e. The molecule has 2 aromatic heterocycles. The summed E-state index contributed by atoms with van der Waals surface area (Å²) in [4.78, 5) is 27.7. The highest BCUT2D eigenvalue weighted by Gasteiger charge is 2.21. The second kappa shape index (κ2) is 10.1. The predicted molar refractivity (Wildman–Crippen MR) is 114 cm³/mol. The van der Waals surface area contributed by atoms with Crippen molar-refractivity contribution in [2.45, 2.75) is 19.9 Å². The molecular weight excluding hydrogens is 386 g/mol. The quantitative estimate of drug-likeness (QED) is 0.581. The third kappa shape index (κ3) is 5.16. The molecule has 1 atom stereocenters. The van der Waals surface area contributed by atoms with E-state index in [0.717, 1.165) is 24.4 Å². The Morgan fingerprint density at radius 2 is 2.10 bits per heavy atom. The molecule has 7 nitrogen and oxygen atoms in total. The molecule has 1 aromatic carbocycles. The lowest BCUT2D eigenvalue weighted by molar-refractivity contribution is 0.0930. The monoisotopic (exact) mass is 411 g/mol. The van der Waals surface area contributed by atoms with E-state index in [1.165, 1.54) is 11.3 Å². The van der Waals surface area contributed by atoms with Crippen LogP contribution in [0, 0.1) is 0 Å². The molecule has 8 heteroatoms. The molecule has 152 valence electrons. The number of carbonyl (C=O) groups is 1. The van der Waals surface area contributed by atoms with Crippen molar-refractivity contribution in [1.29, 1.82) is 0 Å². The Balaban J connectivity index is 1.73. The first-order valence-corrected chi connectivity index (χ1v) is 10.4. The molecule has 0 aliphatic carbocycles. The summed E-state index contributed by atoms with van der Waals surface area (Å²) in [6.45, 7) is 6.47. The lowest BCUT2D eigenvalue weighted by atomic mass is 10.0. The van der Waals surface area contributed by atoms with Crippen molar-refractivity contribution in [3.8, 4) is 16.5 Å². The first-order valence-electron chi connectivity index (χ1n) is 9.54. The second-order valence-corrected chi connectivity index (χ2v) is 7.21. The molecule has 3 rings (SSSR count). The number of hydrogen-bond donors (Lipinski definition) is 1. The number of carbonyl (C=O) groups excluding carboxylic acids is 1. The van der Waals surface area contributed by atoms with E-state index in [1.54, 1.807) is 31.1 Å². The summed E-state index contributed by atoms with van der Waals surface area (Å²) in [5.41, 5.74) is 2.15. The van der Waals surface area contributed by atoms with Crippen molar-refractivity contribution in [3.63, 3.8) is 0 Å². The molecular formula is C21H25N5O2S. The molecule has 0 spiro atoms. The van der Waals surface area contributed by atoms with Crippen LogP contribution in [0.2, 0.25) is 0 Å². The number of amides is 1. The van der Waals surface area contributed by atoms with Gasteiger partial charge in [0.05, 0.1) is 19.3 Å². The third-order valence-electron chi connectivity index (χ3n) is 4.71. The van der Waals surface area contributed by atoms with Crippen LogP contribution in [0.5, 0.6) is 5.75 Å². The van der Waals surface area contributed by atoms with Crippen LogP contribution >= 0.6 is 11.3 Å². The van der Waals surface area contributed by atoms with Gasteiger partial charge in [-0.2, -0.15) is 0 Å². The molecule has 2 heterocycles. The van der Waals surface area contributed by atoms with Gasteiger partial charge in [0.2, 0.25) is 0 Å². The van der Waals surface area contributed by atoms with Crippen LogP contribution < -0.4 is 10.1 Å². The van der Waals surface area contributed by atoms with Gasteiger partial charge in [-0.05, 0) is 30.8 Å². The van der Waals surface area contributed by atoms with Crippen LogP contribution in [0.25, 0.3) is 10.7 Å². The number of nitrogens with zero attached hydrogens (tertiary/aromatic N) is 4. The van der Waals surface area contributed by atoms with E-state index in [-0.39, 0.29) is 11.9 Å². The zero-order valence-corrected chi connectivity index (χ0v) is 17.6. The maximum absolute atomic E-state index is 12.7. The zero-order valence-electron chi connectivity index (χ0n) is 16.8. The van der Waals surface area contributed by atoms with Crippen LogP contribution in [0.4, 0.5) is 0 Å². The number of aromatic nitrogens is 3. The Hall–Kier alpha value is -2.84. The largest absolute Gasteiger partial charge is 0.497 e. The first-order chi connectivity index (χ1) is 14.2. The molecule has 0 radical (unpaired) electrons. The van der Waals surface area contributed by atoms with Gasteiger partial charge in [0, 0.05) is 24.3 Å². The van der Waals surface area contributed by atoms with E-state index in [4.69, 9.17) is 4.74 Å². The van der Waals surface area contributed by atoms with E-state index in [9.17, 15) is 4.79 Å². The van der Waals surface area contributed by atoms with Gasteiger partial charge in [-0.3, -0.25) is 19.7 Å². The fraction of sp³-hybridized carbons (Fsp3) is 0.333. The Bertz CT molecular complexity index is 928. The summed E-state index contributed by atoms with van der Waals surface area (Å²) >= 11 is 1.38. The zero-order chi connectivity index (χ0) is 20.6. The van der Waals surface area contributed by atoms with E-state index < -0.39 is 0 Å². The number of hydrogen-bond acceptors (Lipinski definition) is 7. The highest BCUT2D eigenvalue weighted by molar-refractivity contribution is 7.13. The molecule has 29 heavy (non-hydrogen) atoms. The SMILES string of the molecule is CCN(CC)C(CNC(=O)c1csc(-c2cnccn2)n1)c1cccc(OC)c1. The van der Waals surface area contributed by atoms with Crippen LogP contribution in [-0.4, -0.2) is 52.5 Å². The van der Waals surface area contributed by atoms with Crippen LogP contribution in [0.15, 0.2) is 48.2 Å². The Kier molecular flexibility index (Phi) is 7.26. The van der Waals surface area contributed by atoms with Crippen molar-refractivity contribution in [1.82, 2.24) is 25.2 Å². The number of nitrogens with one attached hydrogen (secondary N) is 1. The minimum absolute atomic E-state index is 0.0437. The summed E-state index contributed by atoms with van der Waals surface area (Å²) in [5, 5.41) is 5.46. The maximum atomic E-state index is 12.7. The molecule has 0 saturated heterocycles. The van der Waals surface area contributed by atoms with E-state index in [1.807, 2.05) is 18.2 Å². The Labute approximate surface area is 174 Å². The van der Waals surface area contributed by atoms with Crippen molar-refractivity contribution in [3.05, 3.63) is 59.5 Å². The van der Waals surface area contributed by atoms with Gasteiger partial charge in [0.25, 0.3) is 5.91 Å². The fourth-order valence-electron chi connectivity index (χ4n) is 3.16. The maximum Gasteiger partial charge on any atom is 0.270 e. The molecule has 3 aromatic rings.